The van der Waals surface area contributed by atoms with Gasteiger partial charge >= 0.3 is 5.24 Å². The van der Waals surface area contributed by atoms with E-state index in [0.29, 0.717) is 5.75 Å². The molecular weight excluding hydrogens is 302 g/mol. The number of allylic oxidation sites excluding steroid dienone is 2. The Morgan fingerprint density at radius 3 is 2.23 bits per heavy atom. The fourth-order valence-corrected chi connectivity index (χ4v) is 3.81. The maximum absolute atomic E-state index is 12.4. The fourth-order valence-electron chi connectivity index (χ4n) is 3.64. The van der Waals surface area contributed by atoms with Crippen LogP contribution in [0.2, 0.25) is 0 Å². The van der Waals surface area contributed by atoms with E-state index >= 15 is 0 Å². The highest BCUT2D eigenvalue weighted by Crippen LogP contribution is 2.52. The molecule has 1 aromatic carbocycles. The Morgan fingerprint density at radius 1 is 1.05 bits per heavy atom. The first-order chi connectivity index (χ1) is 10.6. The summed E-state index contributed by atoms with van der Waals surface area (Å²) in [5.74, 6) is -0.457. The van der Waals surface area contributed by atoms with Gasteiger partial charge in [-0.1, -0.05) is 30.4 Å². The van der Waals surface area contributed by atoms with Crippen LogP contribution in [-0.4, -0.2) is 22.1 Å². The monoisotopic (exact) mass is 315 g/mol. The Hall–Kier alpha value is -2.21. The lowest BCUT2D eigenvalue weighted by molar-refractivity contribution is -0.171. The number of carbonyl (C=O) groups excluding carboxylic acids is 2. The molecule has 5 nitrogen and oxygen atoms in total. The second-order valence-electron chi connectivity index (χ2n) is 5.73. The molecule has 1 saturated carbocycles. The summed E-state index contributed by atoms with van der Waals surface area (Å²) >= 11 is 4.98. The number of carbonyl (C=O) groups is 2. The minimum atomic E-state index is -0.314. The molecule has 2 bridgehead atoms. The van der Waals surface area contributed by atoms with Gasteiger partial charge < -0.3 is 9.57 Å². The lowest BCUT2D eigenvalue weighted by Gasteiger charge is -2.17. The Kier molecular flexibility index (Phi) is 3.00. The normalized spacial score (nSPS) is 31.5. The van der Waals surface area contributed by atoms with Crippen molar-refractivity contribution in [3.05, 3.63) is 42.5 Å². The van der Waals surface area contributed by atoms with Crippen LogP contribution in [-0.2, 0) is 14.4 Å². The summed E-state index contributed by atoms with van der Waals surface area (Å²) in [5, 5.41) is 0.528. The molecule has 3 aliphatic rings. The first kappa shape index (κ1) is 13.5. The van der Waals surface area contributed by atoms with E-state index in [0.717, 1.165) is 11.5 Å². The van der Waals surface area contributed by atoms with E-state index in [9.17, 15) is 9.59 Å². The number of para-hydroxylation sites is 1. The summed E-state index contributed by atoms with van der Waals surface area (Å²) in [4.78, 5) is 30.0. The quantitative estimate of drug-likeness (QED) is 0.475. The summed E-state index contributed by atoms with van der Waals surface area (Å²) in [6, 6.07) is 8.84. The highest BCUT2D eigenvalue weighted by Gasteiger charge is 2.60. The molecule has 1 heterocycles. The molecule has 2 amide bonds. The molecule has 4 rings (SSSR count). The van der Waals surface area contributed by atoms with Gasteiger partial charge in [0.15, 0.2) is 0 Å². The van der Waals surface area contributed by atoms with Crippen LogP contribution in [0, 0.1) is 23.7 Å². The Morgan fingerprint density at radius 2 is 1.64 bits per heavy atom. The third-order valence-electron chi connectivity index (χ3n) is 4.54. The van der Waals surface area contributed by atoms with Crippen molar-refractivity contribution >= 4 is 29.3 Å². The third kappa shape index (κ3) is 1.94. The average molecular weight is 315 g/mol. The van der Waals surface area contributed by atoms with Gasteiger partial charge in [-0.25, -0.2) is 0 Å². The van der Waals surface area contributed by atoms with Crippen LogP contribution in [0.15, 0.2) is 42.5 Å². The number of hydrogen-bond donors (Lipinski definition) is 0. The van der Waals surface area contributed by atoms with Gasteiger partial charge in [0.2, 0.25) is 0 Å². The van der Waals surface area contributed by atoms with Crippen molar-refractivity contribution in [2.24, 2.45) is 23.7 Å². The smallest absolute Gasteiger partial charge is 0.383 e. The van der Waals surface area contributed by atoms with Crippen molar-refractivity contribution in [1.82, 2.24) is 5.06 Å². The Labute approximate surface area is 132 Å². The summed E-state index contributed by atoms with van der Waals surface area (Å²) in [6.07, 6.45) is 4.93. The predicted octanol–water partition coefficient (Wildman–Crippen LogP) is 2.09. The number of hydroxylamine groups is 2. The van der Waals surface area contributed by atoms with Crippen LogP contribution >= 0.6 is 12.2 Å². The van der Waals surface area contributed by atoms with Crippen LogP contribution < -0.4 is 4.74 Å². The molecule has 112 valence electrons. The number of nitrogens with zero attached hydrogens (tertiary/aromatic N) is 1. The van der Waals surface area contributed by atoms with Gasteiger partial charge in [-0.05, 0) is 30.4 Å². The van der Waals surface area contributed by atoms with E-state index in [2.05, 4.69) is 0 Å². The fraction of sp³-hybridized carbons (Fsp3) is 0.312. The number of fused-ring (bicyclic) bond motifs is 5. The molecular formula is C16H13NO4S. The Bertz CT molecular complexity index is 657. The number of benzene rings is 1. The third-order valence-corrected chi connectivity index (χ3v) is 4.70. The highest BCUT2D eigenvalue weighted by molar-refractivity contribution is 7.79. The van der Waals surface area contributed by atoms with Gasteiger partial charge in [-0.2, -0.15) is 0 Å². The van der Waals surface area contributed by atoms with E-state index in [4.69, 9.17) is 21.8 Å². The van der Waals surface area contributed by atoms with Crippen LogP contribution in [0.25, 0.3) is 0 Å². The van der Waals surface area contributed by atoms with Gasteiger partial charge in [0, 0.05) is 12.2 Å². The standard InChI is InChI=1S/C16H13NO4S/c18-14-12-9-6-7-10(8-9)13(12)15(19)17(14)21-16(22)20-11-4-2-1-3-5-11/h1-7,9-10,12-13H,8H2. The largest absolute Gasteiger partial charge is 0.416 e. The minimum Gasteiger partial charge on any atom is -0.416 e. The van der Waals surface area contributed by atoms with Crippen molar-refractivity contribution < 1.29 is 19.2 Å². The van der Waals surface area contributed by atoms with Crippen molar-refractivity contribution in [3.8, 4) is 5.75 Å². The van der Waals surface area contributed by atoms with Gasteiger partial charge in [0.1, 0.15) is 5.75 Å². The van der Waals surface area contributed by atoms with E-state index in [1.165, 1.54) is 0 Å². The molecule has 1 aliphatic heterocycles. The molecule has 22 heavy (non-hydrogen) atoms. The maximum atomic E-state index is 12.4. The van der Waals surface area contributed by atoms with Crippen molar-refractivity contribution in [2.45, 2.75) is 6.42 Å². The summed E-state index contributed by atoms with van der Waals surface area (Å²) in [7, 11) is 0. The molecule has 0 spiro atoms. The number of thiocarbonyl (C=S) groups is 1. The zero-order valence-electron chi connectivity index (χ0n) is 11.5. The van der Waals surface area contributed by atoms with Crippen LogP contribution in [0.1, 0.15) is 6.42 Å². The zero-order chi connectivity index (χ0) is 15.3. The molecule has 2 aliphatic carbocycles. The lowest BCUT2D eigenvalue weighted by Crippen LogP contribution is -2.36. The van der Waals surface area contributed by atoms with Crippen LogP contribution in [0.4, 0.5) is 0 Å². The first-order valence-corrected chi connectivity index (χ1v) is 7.57. The van der Waals surface area contributed by atoms with E-state index < -0.39 is 0 Å². The molecule has 6 heteroatoms. The molecule has 2 fully saturated rings. The van der Waals surface area contributed by atoms with Gasteiger partial charge in [-0.3, -0.25) is 9.59 Å². The van der Waals surface area contributed by atoms with E-state index in [1.54, 1.807) is 24.3 Å². The van der Waals surface area contributed by atoms with Crippen molar-refractivity contribution in [3.63, 3.8) is 0 Å². The molecule has 0 radical (unpaired) electrons. The number of hydrogen-bond acceptors (Lipinski definition) is 5. The summed E-state index contributed by atoms with van der Waals surface area (Å²) < 4.78 is 5.31. The molecule has 0 N–H and O–H groups in total. The number of amides is 2. The topological polar surface area (TPSA) is 55.8 Å². The number of imide groups is 1. The average Bonchev–Trinajstić information content (AvgIpc) is 3.18. The van der Waals surface area contributed by atoms with Crippen LogP contribution in [0.3, 0.4) is 0 Å². The van der Waals surface area contributed by atoms with Gasteiger partial charge in [-0.15, -0.1) is 5.06 Å². The molecule has 4 atom stereocenters. The van der Waals surface area contributed by atoms with Crippen molar-refractivity contribution in [2.75, 3.05) is 0 Å². The Balaban J connectivity index is 1.47. The van der Waals surface area contributed by atoms with E-state index in [1.807, 2.05) is 18.2 Å². The lowest BCUT2D eigenvalue weighted by atomic mass is 9.85. The molecule has 0 aromatic heterocycles. The number of ether oxygens (including phenoxy) is 1. The number of rotatable bonds is 2. The molecule has 1 aromatic rings. The van der Waals surface area contributed by atoms with Gasteiger partial charge in [0.25, 0.3) is 11.8 Å². The van der Waals surface area contributed by atoms with Gasteiger partial charge in [0.05, 0.1) is 11.8 Å². The first-order valence-electron chi connectivity index (χ1n) is 7.16. The zero-order valence-corrected chi connectivity index (χ0v) is 12.4. The SMILES string of the molecule is O=C1C2C3C=CC(C3)C2C(=O)N1OC(=S)Oc1ccccc1. The van der Waals surface area contributed by atoms with Crippen molar-refractivity contribution in [1.29, 1.82) is 0 Å². The predicted molar refractivity (Wildman–Crippen MR) is 80.3 cm³/mol. The minimum absolute atomic E-state index is 0.142. The maximum Gasteiger partial charge on any atom is 0.383 e. The molecule has 1 saturated heterocycles. The second-order valence-corrected chi connectivity index (χ2v) is 6.06. The van der Waals surface area contributed by atoms with Crippen LogP contribution in [0.5, 0.6) is 5.75 Å². The second kappa shape index (κ2) is 4.91. The molecule has 4 unspecified atom stereocenters. The highest BCUT2D eigenvalue weighted by atomic mass is 32.1. The summed E-state index contributed by atoms with van der Waals surface area (Å²) in [6.45, 7) is 0. The summed E-state index contributed by atoms with van der Waals surface area (Å²) in [5.41, 5.74) is 0. The van der Waals surface area contributed by atoms with E-state index in [-0.39, 0.29) is 40.7 Å².